The van der Waals surface area contributed by atoms with Gasteiger partial charge in [-0.3, -0.25) is 14.8 Å². The number of nitriles is 1. The first-order valence-electron chi connectivity index (χ1n) is 15.4. The largest absolute Gasteiger partial charge is 0.455 e. The van der Waals surface area contributed by atoms with Crippen LogP contribution in [0.1, 0.15) is 48.9 Å². The van der Waals surface area contributed by atoms with E-state index < -0.39 is 0 Å². The molecule has 7 rings (SSSR count). The van der Waals surface area contributed by atoms with E-state index in [9.17, 15) is 10.1 Å². The molecular weight excluding hydrogens is 542 g/mol. The average Bonchev–Trinajstić information content (AvgIpc) is 3.39. The Morgan fingerprint density at radius 3 is 2.84 bits per heavy atom. The first-order chi connectivity index (χ1) is 20.9. The third kappa shape index (κ3) is 4.87. The summed E-state index contributed by atoms with van der Waals surface area (Å²) in [5.74, 6) is 0.742. The molecule has 224 valence electrons. The highest BCUT2D eigenvalue weighted by Crippen LogP contribution is 2.48. The molecule has 5 heterocycles. The molecule has 4 aliphatic rings. The molecule has 11 heteroatoms. The number of ether oxygens (including phenoxy) is 1. The van der Waals surface area contributed by atoms with Crippen LogP contribution in [-0.2, 0) is 17.8 Å². The van der Waals surface area contributed by atoms with Crippen molar-refractivity contribution in [3.8, 4) is 12.1 Å². The Kier molecular flexibility index (Phi) is 6.96. The van der Waals surface area contributed by atoms with Crippen molar-refractivity contribution in [2.75, 3.05) is 49.6 Å². The van der Waals surface area contributed by atoms with Gasteiger partial charge in [-0.25, -0.2) is 0 Å². The molecule has 3 fully saturated rings. The zero-order valence-corrected chi connectivity index (χ0v) is 25.1. The number of amides is 1. The fourth-order valence-electron chi connectivity index (χ4n) is 7.54. The second-order valence-electron chi connectivity index (χ2n) is 12.5. The van der Waals surface area contributed by atoms with Crippen LogP contribution in [0.2, 0.25) is 0 Å². The van der Waals surface area contributed by atoms with Crippen molar-refractivity contribution in [3.63, 3.8) is 0 Å². The average molecular weight is 582 g/mol. The molecule has 3 aliphatic heterocycles. The van der Waals surface area contributed by atoms with Gasteiger partial charge in [-0.1, -0.05) is 12.6 Å². The number of piperazine rings is 1. The number of nitrogens with one attached hydrogen (secondary N) is 1. The smallest absolute Gasteiger partial charge is 0.319 e. The second-order valence-corrected chi connectivity index (χ2v) is 12.5. The Labute approximate surface area is 252 Å². The first-order valence-corrected chi connectivity index (χ1v) is 15.4. The van der Waals surface area contributed by atoms with Gasteiger partial charge in [0.05, 0.1) is 48.2 Å². The maximum Gasteiger partial charge on any atom is 0.319 e. The van der Waals surface area contributed by atoms with Crippen LogP contribution in [0.5, 0.6) is 6.01 Å². The van der Waals surface area contributed by atoms with Crippen LogP contribution in [0.15, 0.2) is 31.0 Å². The van der Waals surface area contributed by atoms with Gasteiger partial charge in [0.1, 0.15) is 11.4 Å². The maximum absolute atomic E-state index is 12.6. The number of aryl methyl sites for hydroxylation is 1. The van der Waals surface area contributed by atoms with Crippen molar-refractivity contribution < 1.29 is 9.53 Å². The fraction of sp³-hybridized carbons (Fsp3) is 0.531. The SMILES string of the molecule is C=CC(=O)N1CCN(c2nc(OC3(C4CCCN4C)CC3)nc3c2CCN(c2c(C)ccc4[nH]ncc24)C3)CC1CC#N. The Bertz CT molecular complexity index is 1610. The minimum atomic E-state index is -0.234. The van der Waals surface area contributed by atoms with Crippen LogP contribution >= 0.6 is 0 Å². The molecule has 43 heavy (non-hydrogen) atoms. The molecule has 0 radical (unpaired) electrons. The van der Waals surface area contributed by atoms with Gasteiger partial charge in [0.2, 0.25) is 5.91 Å². The molecule has 2 aromatic heterocycles. The number of H-pyrrole nitrogens is 1. The van der Waals surface area contributed by atoms with Crippen molar-refractivity contribution in [2.24, 2.45) is 0 Å². The van der Waals surface area contributed by atoms with Crippen molar-refractivity contribution in [2.45, 2.75) is 69.7 Å². The van der Waals surface area contributed by atoms with Gasteiger partial charge >= 0.3 is 6.01 Å². The topological polar surface area (TPSA) is 118 Å². The van der Waals surface area contributed by atoms with Gasteiger partial charge in [0.25, 0.3) is 0 Å². The van der Waals surface area contributed by atoms with Crippen LogP contribution < -0.4 is 14.5 Å². The Hall–Kier alpha value is -4.17. The second kappa shape index (κ2) is 10.8. The van der Waals surface area contributed by atoms with Gasteiger partial charge < -0.3 is 19.4 Å². The number of hydrogen-bond donors (Lipinski definition) is 1. The number of carbonyl (C=O) groups is 1. The van der Waals surface area contributed by atoms with Gasteiger partial charge in [-0.05, 0) is 70.3 Å². The molecule has 1 amide bonds. The number of carbonyl (C=O) groups excluding carboxylic acids is 1. The molecule has 2 saturated heterocycles. The molecule has 0 spiro atoms. The predicted octanol–water partition coefficient (Wildman–Crippen LogP) is 3.35. The van der Waals surface area contributed by atoms with E-state index in [2.05, 4.69) is 63.6 Å². The summed E-state index contributed by atoms with van der Waals surface area (Å²) in [5, 5.41) is 18.1. The minimum Gasteiger partial charge on any atom is -0.455 e. The highest BCUT2D eigenvalue weighted by atomic mass is 16.5. The molecule has 11 nitrogen and oxygen atoms in total. The maximum atomic E-state index is 12.6. The number of nitrogens with zero attached hydrogens (tertiary/aromatic N) is 8. The van der Waals surface area contributed by atoms with Crippen molar-refractivity contribution in [1.29, 1.82) is 5.26 Å². The molecule has 1 saturated carbocycles. The molecular formula is C32H39N9O2. The number of likely N-dealkylation sites (tertiary alicyclic amines) is 1. The number of aromatic amines is 1. The lowest BCUT2D eigenvalue weighted by atomic mass is 10.0. The summed E-state index contributed by atoms with van der Waals surface area (Å²) in [6.07, 6.45) is 8.62. The Balaban J connectivity index is 1.25. The van der Waals surface area contributed by atoms with E-state index in [1.54, 1.807) is 4.90 Å². The minimum absolute atomic E-state index is 0.135. The van der Waals surface area contributed by atoms with Crippen LogP contribution in [0.4, 0.5) is 11.5 Å². The number of benzene rings is 1. The normalized spacial score (nSPS) is 23.2. The molecule has 1 aromatic carbocycles. The summed E-state index contributed by atoms with van der Waals surface area (Å²) in [6.45, 7) is 10.0. The predicted molar refractivity (Wildman–Crippen MR) is 164 cm³/mol. The summed E-state index contributed by atoms with van der Waals surface area (Å²) in [5.41, 5.74) is 5.27. The third-order valence-electron chi connectivity index (χ3n) is 9.87. The summed E-state index contributed by atoms with van der Waals surface area (Å²) in [6, 6.07) is 7.07. The lowest BCUT2D eigenvalue weighted by Gasteiger charge is -2.42. The monoisotopic (exact) mass is 581 g/mol. The molecule has 2 unspecified atom stereocenters. The number of aromatic nitrogens is 4. The lowest BCUT2D eigenvalue weighted by molar-refractivity contribution is -0.128. The van der Waals surface area contributed by atoms with E-state index >= 15 is 0 Å². The summed E-state index contributed by atoms with van der Waals surface area (Å²) < 4.78 is 6.78. The summed E-state index contributed by atoms with van der Waals surface area (Å²) >= 11 is 0. The van der Waals surface area contributed by atoms with E-state index in [4.69, 9.17) is 14.7 Å². The Morgan fingerprint density at radius 1 is 1.23 bits per heavy atom. The van der Waals surface area contributed by atoms with E-state index in [0.29, 0.717) is 38.2 Å². The lowest BCUT2D eigenvalue weighted by Crippen LogP contribution is -2.55. The van der Waals surface area contributed by atoms with Crippen molar-refractivity contribution in [3.05, 3.63) is 47.8 Å². The highest BCUT2D eigenvalue weighted by molar-refractivity contribution is 5.93. The van der Waals surface area contributed by atoms with Crippen molar-refractivity contribution in [1.82, 2.24) is 30.0 Å². The van der Waals surface area contributed by atoms with Gasteiger partial charge in [-0.15, -0.1) is 0 Å². The molecule has 1 N–H and O–H groups in total. The van der Waals surface area contributed by atoms with E-state index in [0.717, 1.165) is 66.8 Å². The van der Waals surface area contributed by atoms with Crippen LogP contribution in [0.25, 0.3) is 10.9 Å². The zero-order chi connectivity index (χ0) is 29.7. The van der Waals surface area contributed by atoms with Gasteiger partial charge in [0, 0.05) is 43.2 Å². The molecule has 2 atom stereocenters. The highest BCUT2D eigenvalue weighted by Gasteiger charge is 2.55. The number of likely N-dealkylation sites (N-methyl/N-ethyl adjacent to an activating group) is 1. The quantitative estimate of drug-likeness (QED) is 0.419. The fourth-order valence-corrected chi connectivity index (χ4v) is 7.54. The van der Waals surface area contributed by atoms with Crippen LogP contribution in [0.3, 0.4) is 0 Å². The van der Waals surface area contributed by atoms with Crippen molar-refractivity contribution >= 4 is 28.3 Å². The van der Waals surface area contributed by atoms with E-state index in [-0.39, 0.29) is 24.0 Å². The third-order valence-corrected chi connectivity index (χ3v) is 9.87. The number of fused-ring (bicyclic) bond motifs is 2. The number of anilines is 2. The number of hydrogen-bond acceptors (Lipinski definition) is 9. The van der Waals surface area contributed by atoms with Gasteiger partial charge in [0.15, 0.2) is 0 Å². The van der Waals surface area contributed by atoms with Crippen LogP contribution in [-0.4, -0.2) is 93.3 Å². The Morgan fingerprint density at radius 2 is 2.09 bits per heavy atom. The molecule has 1 aliphatic carbocycles. The first kappa shape index (κ1) is 27.7. The van der Waals surface area contributed by atoms with E-state index in [1.165, 1.54) is 23.7 Å². The standard InChI is InChI=1S/C32H39N9O2/c1-4-28(42)41-17-16-40(19-22(41)9-13-33)30-23-10-15-39(29-21(2)7-8-25-24(29)18-34-37-25)20-26(23)35-31(36-30)43-32(11-12-32)27-6-5-14-38(27)3/h4,7-8,18,22,27H,1,5-6,9-12,14-17,19-20H2,2-3H3,(H,34,37). The van der Waals surface area contributed by atoms with Gasteiger partial charge in [-0.2, -0.15) is 20.3 Å². The molecule has 3 aromatic rings. The van der Waals surface area contributed by atoms with Crippen LogP contribution in [0, 0.1) is 18.3 Å². The molecule has 0 bridgehead atoms. The summed E-state index contributed by atoms with van der Waals surface area (Å²) in [7, 11) is 2.19. The van der Waals surface area contributed by atoms with E-state index in [1.807, 2.05) is 6.20 Å². The summed E-state index contributed by atoms with van der Waals surface area (Å²) in [4.78, 5) is 31.6. The zero-order valence-electron chi connectivity index (χ0n) is 25.1. The number of rotatable bonds is 7.